The molecule has 14 heavy (non-hydrogen) atoms. The van der Waals surface area contributed by atoms with E-state index in [1.165, 1.54) is 0 Å². The van der Waals surface area contributed by atoms with Crippen molar-refractivity contribution in [2.45, 2.75) is 38.8 Å². The number of aliphatic hydroxyl groups excluding tert-OH is 1. The Bertz CT molecular complexity index is 248. The van der Waals surface area contributed by atoms with E-state index >= 15 is 0 Å². The fourth-order valence-corrected chi connectivity index (χ4v) is 1.33. The summed E-state index contributed by atoms with van der Waals surface area (Å²) in [6.45, 7) is 5.17. The Morgan fingerprint density at radius 3 is 2.93 bits per heavy atom. The van der Waals surface area contributed by atoms with Gasteiger partial charge < -0.3 is 15.4 Å². The van der Waals surface area contributed by atoms with Crippen molar-refractivity contribution < 1.29 is 5.11 Å². The minimum absolute atomic E-state index is 0.00153. The van der Waals surface area contributed by atoms with Crippen molar-refractivity contribution in [2.24, 2.45) is 0 Å². The van der Waals surface area contributed by atoms with Gasteiger partial charge in [-0.25, -0.2) is 4.98 Å². The third kappa shape index (κ3) is 3.12. The Balaban J connectivity index is 2.41. The molecule has 1 rings (SSSR count). The lowest BCUT2D eigenvalue weighted by Crippen LogP contribution is -2.42. The summed E-state index contributed by atoms with van der Waals surface area (Å²) in [7, 11) is 0. The van der Waals surface area contributed by atoms with E-state index in [1.54, 1.807) is 6.20 Å². The van der Waals surface area contributed by atoms with Crippen LogP contribution in [-0.4, -0.2) is 27.2 Å². The topological polar surface area (TPSA) is 60.9 Å². The van der Waals surface area contributed by atoms with Crippen LogP contribution in [0.4, 0.5) is 0 Å². The van der Waals surface area contributed by atoms with Gasteiger partial charge in [-0.15, -0.1) is 0 Å². The second-order valence-electron chi connectivity index (χ2n) is 3.78. The van der Waals surface area contributed by atoms with Crippen LogP contribution in [0.2, 0.25) is 0 Å². The van der Waals surface area contributed by atoms with Gasteiger partial charge in [-0.05, 0) is 19.8 Å². The van der Waals surface area contributed by atoms with E-state index in [0.717, 1.165) is 25.2 Å². The zero-order valence-corrected chi connectivity index (χ0v) is 8.88. The smallest absolute Gasteiger partial charge is 0.120 e. The highest BCUT2D eigenvalue weighted by molar-refractivity contribution is 4.90. The van der Waals surface area contributed by atoms with Crippen molar-refractivity contribution in [3.05, 3.63) is 18.2 Å². The van der Waals surface area contributed by atoms with Crippen LogP contribution in [0.15, 0.2) is 12.4 Å². The van der Waals surface area contributed by atoms with Gasteiger partial charge in [0.2, 0.25) is 0 Å². The van der Waals surface area contributed by atoms with Crippen molar-refractivity contribution in [1.29, 1.82) is 0 Å². The first-order chi connectivity index (χ1) is 6.70. The molecule has 0 saturated carbocycles. The lowest BCUT2D eigenvalue weighted by Gasteiger charge is -2.28. The molecular formula is C10H19N3O. The van der Waals surface area contributed by atoms with E-state index in [4.69, 9.17) is 5.11 Å². The van der Waals surface area contributed by atoms with Gasteiger partial charge in [0, 0.05) is 24.5 Å². The van der Waals surface area contributed by atoms with Crippen molar-refractivity contribution >= 4 is 0 Å². The Morgan fingerprint density at radius 2 is 2.43 bits per heavy atom. The van der Waals surface area contributed by atoms with Gasteiger partial charge >= 0.3 is 0 Å². The largest absolute Gasteiger partial charge is 0.396 e. The molecule has 4 nitrogen and oxygen atoms in total. The minimum atomic E-state index is 0.00153. The Kier molecular flexibility index (Phi) is 4.10. The molecule has 0 spiro atoms. The minimum Gasteiger partial charge on any atom is -0.396 e. The predicted molar refractivity (Wildman–Crippen MR) is 55.8 cm³/mol. The first-order valence-electron chi connectivity index (χ1n) is 5.04. The lowest BCUT2D eigenvalue weighted by atomic mass is 9.95. The molecule has 0 amide bonds. The summed E-state index contributed by atoms with van der Waals surface area (Å²) in [6.07, 6.45) is 5.32. The van der Waals surface area contributed by atoms with Gasteiger partial charge in [0.25, 0.3) is 0 Å². The number of nitrogens with one attached hydrogen (secondary N) is 2. The van der Waals surface area contributed by atoms with Crippen molar-refractivity contribution in [3.8, 4) is 0 Å². The molecule has 3 N–H and O–H groups in total. The van der Waals surface area contributed by atoms with E-state index in [0.29, 0.717) is 0 Å². The SMILES string of the molecule is CCC(C)(CCO)NCc1ncc[nH]1. The first kappa shape index (κ1) is 11.2. The van der Waals surface area contributed by atoms with Crippen LogP contribution in [0.5, 0.6) is 0 Å². The zero-order chi connectivity index (χ0) is 10.4. The number of aliphatic hydroxyl groups is 1. The van der Waals surface area contributed by atoms with Crippen molar-refractivity contribution in [2.75, 3.05) is 6.61 Å². The van der Waals surface area contributed by atoms with E-state index in [1.807, 2.05) is 6.20 Å². The molecule has 4 heteroatoms. The molecule has 0 aliphatic carbocycles. The Morgan fingerprint density at radius 1 is 1.64 bits per heavy atom. The number of imidazole rings is 1. The summed E-state index contributed by atoms with van der Waals surface area (Å²) < 4.78 is 0. The Labute approximate surface area is 84.8 Å². The van der Waals surface area contributed by atoms with E-state index < -0.39 is 0 Å². The molecule has 0 aromatic carbocycles. The summed E-state index contributed by atoms with van der Waals surface area (Å²) in [5.74, 6) is 0.933. The number of aromatic amines is 1. The number of hydrogen-bond acceptors (Lipinski definition) is 3. The Hall–Kier alpha value is -0.870. The van der Waals surface area contributed by atoms with Crippen molar-refractivity contribution in [1.82, 2.24) is 15.3 Å². The predicted octanol–water partition coefficient (Wildman–Crippen LogP) is 1.05. The number of hydrogen-bond donors (Lipinski definition) is 3. The van der Waals surface area contributed by atoms with Gasteiger partial charge in [0.1, 0.15) is 5.82 Å². The molecule has 0 fully saturated rings. The van der Waals surface area contributed by atoms with E-state index in [2.05, 4.69) is 29.1 Å². The summed E-state index contributed by atoms with van der Waals surface area (Å²) in [5.41, 5.74) is 0.00153. The van der Waals surface area contributed by atoms with Crippen LogP contribution in [0.1, 0.15) is 32.5 Å². The molecule has 1 atom stereocenters. The molecule has 1 aromatic rings. The fourth-order valence-electron chi connectivity index (χ4n) is 1.33. The van der Waals surface area contributed by atoms with Crippen LogP contribution < -0.4 is 5.32 Å². The highest BCUT2D eigenvalue weighted by atomic mass is 16.3. The summed E-state index contributed by atoms with van der Waals surface area (Å²) >= 11 is 0. The van der Waals surface area contributed by atoms with Gasteiger partial charge in [-0.3, -0.25) is 0 Å². The molecule has 1 heterocycles. The number of nitrogens with zero attached hydrogens (tertiary/aromatic N) is 1. The molecular weight excluding hydrogens is 178 g/mol. The standard InChI is InChI=1S/C10H19N3O/c1-3-10(2,4-7-14)13-8-9-11-5-6-12-9/h5-6,13-14H,3-4,7-8H2,1-2H3,(H,11,12). The van der Waals surface area contributed by atoms with E-state index in [-0.39, 0.29) is 12.1 Å². The molecule has 0 saturated heterocycles. The second kappa shape index (κ2) is 5.12. The molecule has 0 radical (unpaired) electrons. The van der Waals surface area contributed by atoms with Crippen LogP contribution in [0.25, 0.3) is 0 Å². The average Bonchev–Trinajstić information content (AvgIpc) is 2.68. The molecule has 0 aliphatic rings. The van der Waals surface area contributed by atoms with Gasteiger partial charge in [-0.2, -0.15) is 0 Å². The third-order valence-electron chi connectivity index (χ3n) is 2.68. The van der Waals surface area contributed by atoms with Gasteiger partial charge in [0.05, 0.1) is 6.54 Å². The van der Waals surface area contributed by atoms with Crippen molar-refractivity contribution in [3.63, 3.8) is 0 Å². The molecule has 80 valence electrons. The maximum Gasteiger partial charge on any atom is 0.120 e. The summed E-state index contributed by atoms with van der Waals surface area (Å²) in [4.78, 5) is 7.17. The summed E-state index contributed by atoms with van der Waals surface area (Å²) in [5, 5.41) is 12.3. The monoisotopic (exact) mass is 197 g/mol. The lowest BCUT2D eigenvalue weighted by molar-refractivity contribution is 0.214. The molecule has 1 unspecified atom stereocenters. The van der Waals surface area contributed by atoms with Crippen LogP contribution in [-0.2, 0) is 6.54 Å². The quantitative estimate of drug-likeness (QED) is 0.639. The fraction of sp³-hybridized carbons (Fsp3) is 0.700. The van der Waals surface area contributed by atoms with Gasteiger partial charge in [0.15, 0.2) is 0 Å². The van der Waals surface area contributed by atoms with Crippen LogP contribution >= 0.6 is 0 Å². The van der Waals surface area contributed by atoms with Crippen LogP contribution in [0, 0.1) is 0 Å². The third-order valence-corrected chi connectivity index (χ3v) is 2.68. The maximum absolute atomic E-state index is 8.93. The number of aromatic nitrogens is 2. The highest BCUT2D eigenvalue weighted by Crippen LogP contribution is 2.13. The maximum atomic E-state index is 8.93. The highest BCUT2D eigenvalue weighted by Gasteiger charge is 2.20. The average molecular weight is 197 g/mol. The summed E-state index contributed by atoms with van der Waals surface area (Å²) in [6, 6.07) is 0. The molecule has 1 aromatic heterocycles. The zero-order valence-electron chi connectivity index (χ0n) is 8.88. The van der Waals surface area contributed by atoms with Crippen LogP contribution in [0.3, 0.4) is 0 Å². The normalized spacial score (nSPS) is 15.4. The molecule has 0 aliphatic heterocycles. The van der Waals surface area contributed by atoms with Gasteiger partial charge in [-0.1, -0.05) is 6.92 Å². The number of H-pyrrole nitrogens is 1. The first-order valence-corrected chi connectivity index (χ1v) is 5.04. The van der Waals surface area contributed by atoms with E-state index in [9.17, 15) is 0 Å². The number of rotatable bonds is 6. The molecule has 0 bridgehead atoms. The second-order valence-corrected chi connectivity index (χ2v) is 3.78.